The Morgan fingerprint density at radius 1 is 0.971 bits per heavy atom. The van der Waals surface area contributed by atoms with Crippen molar-refractivity contribution in [3.63, 3.8) is 0 Å². The van der Waals surface area contributed by atoms with Gasteiger partial charge in [0.15, 0.2) is 6.61 Å². The lowest BCUT2D eigenvalue weighted by molar-refractivity contribution is -0.144. The number of esters is 1. The number of carbonyl (C=O) groups is 3. The Bertz CT molecular complexity index is 1140. The van der Waals surface area contributed by atoms with Gasteiger partial charge in [0, 0.05) is 49.2 Å². The lowest BCUT2D eigenvalue weighted by Crippen LogP contribution is -2.43. The zero-order valence-electron chi connectivity index (χ0n) is 20.5. The lowest BCUT2D eigenvalue weighted by atomic mass is 10.1. The molecule has 1 N–H and O–H groups in total. The lowest BCUT2D eigenvalue weighted by Gasteiger charge is -2.18. The summed E-state index contributed by atoms with van der Waals surface area (Å²) in [6.07, 6.45) is 1.08. The highest BCUT2D eigenvalue weighted by Gasteiger charge is 2.25. The van der Waals surface area contributed by atoms with Gasteiger partial charge in [-0.05, 0) is 44.0 Å². The minimum Gasteiger partial charge on any atom is -0.456 e. The van der Waals surface area contributed by atoms with E-state index < -0.39 is 18.6 Å². The molecule has 7 heteroatoms. The first-order chi connectivity index (χ1) is 16.9. The topological polar surface area (TPSA) is 86.6 Å². The first-order valence-corrected chi connectivity index (χ1v) is 11.7. The summed E-state index contributed by atoms with van der Waals surface area (Å²) in [6, 6.07) is 18.9. The number of amides is 1. The number of aromatic nitrogens is 1. The predicted molar refractivity (Wildman–Crippen MR) is 134 cm³/mol. The van der Waals surface area contributed by atoms with Crippen LogP contribution in [0.4, 0.5) is 0 Å². The van der Waals surface area contributed by atoms with Gasteiger partial charge in [-0.25, -0.2) is 4.79 Å². The molecular formula is C28H32N2O5. The summed E-state index contributed by atoms with van der Waals surface area (Å²) in [5.41, 5.74) is 3.63. The second kappa shape index (κ2) is 12.7. The van der Waals surface area contributed by atoms with Crippen molar-refractivity contribution in [3.05, 3.63) is 94.8 Å². The molecule has 35 heavy (non-hydrogen) atoms. The predicted octanol–water partition coefficient (Wildman–Crippen LogP) is 3.91. The maximum absolute atomic E-state index is 13.0. The zero-order chi connectivity index (χ0) is 25.2. The number of hydrogen-bond acceptors (Lipinski definition) is 5. The fraction of sp³-hybridized carbons (Fsp3) is 0.321. The highest BCUT2D eigenvalue weighted by molar-refractivity contribution is 6.00. The highest BCUT2D eigenvalue weighted by atomic mass is 16.5. The van der Waals surface area contributed by atoms with Crippen LogP contribution in [0.1, 0.15) is 44.1 Å². The van der Waals surface area contributed by atoms with Crippen LogP contribution < -0.4 is 5.32 Å². The van der Waals surface area contributed by atoms with E-state index in [0.29, 0.717) is 17.7 Å². The quantitative estimate of drug-likeness (QED) is 0.243. The number of aryl methyl sites for hydroxylation is 1. The third-order valence-corrected chi connectivity index (χ3v) is 5.86. The van der Waals surface area contributed by atoms with Crippen molar-refractivity contribution in [2.75, 3.05) is 20.3 Å². The SMILES string of the molecule is COCCCn1c(C)cc(C(=O)COC(=O)C(Cc2ccccc2)NC(=O)c2ccccc2)c1C. The molecule has 2 aromatic carbocycles. The van der Waals surface area contributed by atoms with Crippen molar-refractivity contribution in [3.8, 4) is 0 Å². The summed E-state index contributed by atoms with van der Waals surface area (Å²) < 4.78 is 12.6. The van der Waals surface area contributed by atoms with Crippen molar-refractivity contribution < 1.29 is 23.9 Å². The third kappa shape index (κ3) is 7.13. The average molecular weight is 477 g/mol. The summed E-state index contributed by atoms with van der Waals surface area (Å²) in [7, 11) is 1.66. The van der Waals surface area contributed by atoms with E-state index in [-0.39, 0.29) is 18.1 Å². The van der Waals surface area contributed by atoms with Gasteiger partial charge in [-0.1, -0.05) is 48.5 Å². The molecule has 0 saturated heterocycles. The van der Waals surface area contributed by atoms with Crippen LogP contribution in [0, 0.1) is 13.8 Å². The highest BCUT2D eigenvalue weighted by Crippen LogP contribution is 2.17. The molecule has 184 valence electrons. The Balaban J connectivity index is 1.68. The van der Waals surface area contributed by atoms with Crippen LogP contribution >= 0.6 is 0 Å². The minimum atomic E-state index is -0.931. The van der Waals surface area contributed by atoms with Crippen LogP contribution in [0.15, 0.2) is 66.7 Å². The van der Waals surface area contributed by atoms with Gasteiger partial charge in [0.1, 0.15) is 6.04 Å². The smallest absolute Gasteiger partial charge is 0.329 e. The van der Waals surface area contributed by atoms with Gasteiger partial charge >= 0.3 is 5.97 Å². The number of ketones is 1. The van der Waals surface area contributed by atoms with Gasteiger partial charge in [-0.15, -0.1) is 0 Å². The number of rotatable bonds is 12. The maximum Gasteiger partial charge on any atom is 0.329 e. The number of hydrogen-bond donors (Lipinski definition) is 1. The first kappa shape index (κ1) is 25.9. The second-order valence-electron chi connectivity index (χ2n) is 8.40. The summed E-state index contributed by atoms with van der Waals surface area (Å²) in [5, 5.41) is 2.76. The number of ether oxygens (including phenoxy) is 2. The van der Waals surface area contributed by atoms with Crippen LogP contribution in [0.2, 0.25) is 0 Å². The summed E-state index contributed by atoms with van der Waals surface area (Å²) in [4.78, 5) is 38.6. The summed E-state index contributed by atoms with van der Waals surface area (Å²) in [5.74, 6) is -1.31. The Labute approximate surface area is 206 Å². The maximum atomic E-state index is 13.0. The molecule has 0 saturated carbocycles. The minimum absolute atomic E-state index is 0.250. The van der Waals surface area contributed by atoms with Crippen molar-refractivity contribution >= 4 is 17.7 Å². The van der Waals surface area contributed by atoms with Gasteiger partial charge in [0.2, 0.25) is 5.78 Å². The third-order valence-electron chi connectivity index (χ3n) is 5.86. The van der Waals surface area contributed by atoms with Crippen LogP contribution in [0.3, 0.4) is 0 Å². The van der Waals surface area contributed by atoms with E-state index in [9.17, 15) is 14.4 Å². The number of nitrogens with one attached hydrogen (secondary N) is 1. The molecule has 7 nitrogen and oxygen atoms in total. The molecule has 3 rings (SSSR count). The Morgan fingerprint density at radius 3 is 2.29 bits per heavy atom. The van der Waals surface area contributed by atoms with Crippen molar-refractivity contribution in [1.82, 2.24) is 9.88 Å². The number of carbonyl (C=O) groups excluding carboxylic acids is 3. The van der Waals surface area contributed by atoms with E-state index in [1.54, 1.807) is 31.4 Å². The van der Waals surface area contributed by atoms with E-state index >= 15 is 0 Å². The molecule has 0 aliphatic carbocycles. The summed E-state index contributed by atoms with van der Waals surface area (Å²) >= 11 is 0. The zero-order valence-corrected chi connectivity index (χ0v) is 20.5. The number of Topliss-reactive ketones (excluding diaryl/α,β-unsaturated/α-hetero) is 1. The number of benzene rings is 2. The van der Waals surface area contributed by atoms with E-state index in [0.717, 1.165) is 29.9 Å². The van der Waals surface area contributed by atoms with E-state index in [2.05, 4.69) is 9.88 Å². The van der Waals surface area contributed by atoms with Gasteiger partial charge in [0.25, 0.3) is 5.91 Å². The van der Waals surface area contributed by atoms with E-state index in [4.69, 9.17) is 9.47 Å². The molecule has 0 aliphatic rings. The molecule has 3 aromatic rings. The van der Waals surface area contributed by atoms with Crippen LogP contribution in [0.5, 0.6) is 0 Å². The monoisotopic (exact) mass is 476 g/mol. The van der Waals surface area contributed by atoms with Gasteiger partial charge in [-0.3, -0.25) is 9.59 Å². The molecule has 0 fully saturated rings. The molecule has 0 bridgehead atoms. The fourth-order valence-corrected chi connectivity index (χ4v) is 3.98. The molecular weight excluding hydrogens is 444 g/mol. The Hall–Kier alpha value is -3.71. The molecule has 1 atom stereocenters. The molecule has 1 amide bonds. The Kier molecular flexibility index (Phi) is 9.38. The number of nitrogens with zero attached hydrogens (tertiary/aromatic N) is 1. The molecule has 1 heterocycles. The number of methoxy groups -OCH3 is 1. The van der Waals surface area contributed by atoms with Crippen LogP contribution in [-0.4, -0.2) is 48.6 Å². The van der Waals surface area contributed by atoms with Crippen molar-refractivity contribution in [2.24, 2.45) is 0 Å². The largest absolute Gasteiger partial charge is 0.456 e. The van der Waals surface area contributed by atoms with Gasteiger partial charge in [0.05, 0.1) is 0 Å². The van der Waals surface area contributed by atoms with Crippen LogP contribution in [0.25, 0.3) is 0 Å². The van der Waals surface area contributed by atoms with E-state index in [1.165, 1.54) is 0 Å². The van der Waals surface area contributed by atoms with Gasteiger partial charge < -0.3 is 19.4 Å². The normalized spacial score (nSPS) is 11.6. The summed E-state index contributed by atoms with van der Waals surface area (Å²) in [6.45, 7) is 4.80. The van der Waals surface area contributed by atoms with Crippen molar-refractivity contribution in [2.45, 2.75) is 39.3 Å². The molecule has 1 unspecified atom stereocenters. The second-order valence-corrected chi connectivity index (χ2v) is 8.40. The van der Waals surface area contributed by atoms with Crippen LogP contribution in [-0.2, 0) is 27.2 Å². The molecule has 1 aromatic heterocycles. The van der Waals surface area contributed by atoms with Crippen molar-refractivity contribution in [1.29, 1.82) is 0 Å². The standard InChI is InChI=1S/C28H32N2O5/c1-20-17-24(21(2)30(20)15-10-16-34-3)26(31)19-35-28(33)25(18-22-11-6-4-7-12-22)29-27(32)23-13-8-5-9-14-23/h4-9,11-14,17,25H,10,15-16,18-19H2,1-3H3,(H,29,32). The average Bonchev–Trinajstić information content (AvgIpc) is 3.16. The van der Waals surface area contributed by atoms with Gasteiger partial charge in [-0.2, -0.15) is 0 Å². The Morgan fingerprint density at radius 2 is 1.63 bits per heavy atom. The fourth-order valence-electron chi connectivity index (χ4n) is 3.98. The first-order valence-electron chi connectivity index (χ1n) is 11.7. The molecule has 0 spiro atoms. The molecule has 0 aliphatic heterocycles. The van der Waals surface area contributed by atoms with E-state index in [1.807, 2.05) is 56.3 Å². The molecule has 0 radical (unpaired) electrons.